The quantitative estimate of drug-likeness (QED) is 0.649. The molecule has 0 atom stereocenters. The number of halogens is 3. The van der Waals surface area contributed by atoms with Gasteiger partial charge < -0.3 is 10.1 Å². The zero-order chi connectivity index (χ0) is 14.1. The first-order valence-electron chi connectivity index (χ1n) is 6.26. The van der Waals surface area contributed by atoms with Gasteiger partial charge in [0.1, 0.15) is 5.75 Å². The van der Waals surface area contributed by atoms with E-state index in [0.717, 1.165) is 44.4 Å². The zero-order valence-electron chi connectivity index (χ0n) is 10.6. The second kappa shape index (κ2) is 6.08. The first-order chi connectivity index (χ1) is 9.63. The lowest BCUT2D eigenvalue weighted by Gasteiger charge is -2.12. The Morgan fingerprint density at radius 3 is 2.70 bits per heavy atom. The summed E-state index contributed by atoms with van der Waals surface area (Å²) in [5, 5.41) is 3.44. The highest BCUT2D eigenvalue weighted by Crippen LogP contribution is 2.34. The number of fused-ring (bicyclic) bond motifs is 1. The molecular weight excluding hydrogens is 450 g/mol. The van der Waals surface area contributed by atoms with Gasteiger partial charge in [0, 0.05) is 37.6 Å². The number of rotatable bonds is 3. The molecule has 0 aliphatic carbocycles. The van der Waals surface area contributed by atoms with Crippen molar-refractivity contribution in [1.82, 2.24) is 0 Å². The smallest absolute Gasteiger partial charge is 0.127 e. The van der Waals surface area contributed by atoms with Gasteiger partial charge in [-0.25, -0.2) is 0 Å². The standard InChI is InChI=1S/C15H12Br3NO/c16-11-1-2-14(13(18)7-11)19-8-10-6-12(17)5-9-3-4-20-15(9)10/h1-2,5-7,19H,3-4,8H2. The molecule has 20 heavy (non-hydrogen) atoms. The van der Waals surface area contributed by atoms with Crippen LogP contribution < -0.4 is 10.1 Å². The van der Waals surface area contributed by atoms with Crippen LogP contribution in [0, 0.1) is 0 Å². The van der Waals surface area contributed by atoms with Crippen LogP contribution in [0.4, 0.5) is 5.69 Å². The van der Waals surface area contributed by atoms with E-state index in [1.807, 2.05) is 18.2 Å². The molecule has 1 aliphatic rings. The van der Waals surface area contributed by atoms with Crippen LogP contribution in [0.15, 0.2) is 43.7 Å². The molecule has 0 amide bonds. The normalized spacial score (nSPS) is 12.9. The van der Waals surface area contributed by atoms with Gasteiger partial charge in [0.25, 0.3) is 0 Å². The SMILES string of the molecule is Brc1ccc(NCc2cc(Br)cc3c2OCC3)c(Br)c1. The maximum absolute atomic E-state index is 5.74. The van der Waals surface area contributed by atoms with Gasteiger partial charge in [0.05, 0.1) is 6.61 Å². The van der Waals surface area contributed by atoms with Gasteiger partial charge in [-0.2, -0.15) is 0 Å². The van der Waals surface area contributed by atoms with Crippen molar-refractivity contribution in [2.45, 2.75) is 13.0 Å². The Morgan fingerprint density at radius 1 is 1.05 bits per heavy atom. The van der Waals surface area contributed by atoms with Crippen molar-refractivity contribution in [2.24, 2.45) is 0 Å². The Morgan fingerprint density at radius 2 is 1.90 bits per heavy atom. The molecule has 0 unspecified atom stereocenters. The van der Waals surface area contributed by atoms with Crippen molar-refractivity contribution >= 4 is 53.5 Å². The van der Waals surface area contributed by atoms with Gasteiger partial charge in [0.2, 0.25) is 0 Å². The highest BCUT2D eigenvalue weighted by molar-refractivity contribution is 9.11. The topological polar surface area (TPSA) is 21.3 Å². The van der Waals surface area contributed by atoms with Gasteiger partial charge in [-0.1, -0.05) is 31.9 Å². The summed E-state index contributed by atoms with van der Waals surface area (Å²) in [4.78, 5) is 0. The van der Waals surface area contributed by atoms with E-state index in [9.17, 15) is 0 Å². The predicted molar refractivity (Wildman–Crippen MR) is 92.5 cm³/mol. The Bertz CT molecular complexity index is 658. The first-order valence-corrected chi connectivity index (χ1v) is 8.64. The van der Waals surface area contributed by atoms with Crippen LogP contribution in [0.1, 0.15) is 11.1 Å². The third-order valence-corrected chi connectivity index (χ3v) is 4.83. The molecule has 104 valence electrons. The molecule has 0 radical (unpaired) electrons. The highest BCUT2D eigenvalue weighted by atomic mass is 79.9. The van der Waals surface area contributed by atoms with E-state index in [0.29, 0.717) is 0 Å². The van der Waals surface area contributed by atoms with E-state index in [4.69, 9.17) is 4.74 Å². The predicted octanol–water partition coefficient (Wildman–Crippen LogP) is 5.52. The molecule has 0 aromatic heterocycles. The van der Waals surface area contributed by atoms with Crippen LogP contribution in [0.5, 0.6) is 5.75 Å². The van der Waals surface area contributed by atoms with E-state index in [1.54, 1.807) is 0 Å². The lowest BCUT2D eigenvalue weighted by Crippen LogP contribution is -2.02. The van der Waals surface area contributed by atoms with E-state index in [1.165, 1.54) is 11.1 Å². The fourth-order valence-electron chi connectivity index (χ4n) is 2.30. The number of ether oxygens (including phenoxy) is 1. The minimum Gasteiger partial charge on any atom is -0.493 e. The van der Waals surface area contributed by atoms with Crippen LogP contribution >= 0.6 is 47.8 Å². The molecule has 0 saturated heterocycles. The fraction of sp³-hybridized carbons (Fsp3) is 0.200. The molecule has 0 fully saturated rings. The van der Waals surface area contributed by atoms with Crippen LogP contribution in [0.25, 0.3) is 0 Å². The molecule has 1 aliphatic heterocycles. The third-order valence-electron chi connectivity index (χ3n) is 3.23. The molecule has 2 aromatic carbocycles. The van der Waals surface area contributed by atoms with E-state index in [2.05, 4.69) is 65.2 Å². The molecular formula is C15H12Br3NO. The summed E-state index contributed by atoms with van der Waals surface area (Å²) < 4.78 is 8.95. The van der Waals surface area contributed by atoms with Crippen molar-refractivity contribution in [3.05, 3.63) is 54.9 Å². The first kappa shape index (κ1) is 14.4. The van der Waals surface area contributed by atoms with E-state index in [-0.39, 0.29) is 0 Å². The van der Waals surface area contributed by atoms with Gasteiger partial charge >= 0.3 is 0 Å². The molecule has 2 aromatic rings. The maximum atomic E-state index is 5.74. The minimum absolute atomic E-state index is 0.738. The van der Waals surface area contributed by atoms with Gasteiger partial charge in [-0.05, 0) is 51.8 Å². The Kier molecular flexibility index (Phi) is 4.38. The van der Waals surface area contributed by atoms with E-state index < -0.39 is 0 Å². The summed E-state index contributed by atoms with van der Waals surface area (Å²) in [7, 11) is 0. The van der Waals surface area contributed by atoms with Crippen molar-refractivity contribution in [1.29, 1.82) is 0 Å². The lowest BCUT2D eigenvalue weighted by atomic mass is 10.1. The number of benzene rings is 2. The fourth-order valence-corrected chi connectivity index (χ4v) is 4.04. The third kappa shape index (κ3) is 3.05. The molecule has 5 heteroatoms. The summed E-state index contributed by atoms with van der Waals surface area (Å²) in [5.74, 6) is 1.04. The molecule has 0 saturated carbocycles. The lowest BCUT2D eigenvalue weighted by molar-refractivity contribution is 0.354. The van der Waals surface area contributed by atoms with E-state index >= 15 is 0 Å². The molecule has 1 N–H and O–H groups in total. The zero-order valence-corrected chi connectivity index (χ0v) is 15.3. The Labute approximate surface area is 143 Å². The summed E-state index contributed by atoms with van der Waals surface area (Å²) >= 11 is 10.6. The van der Waals surface area contributed by atoms with Crippen molar-refractivity contribution in [3.63, 3.8) is 0 Å². The number of hydrogen-bond donors (Lipinski definition) is 1. The molecule has 3 rings (SSSR count). The molecule has 0 spiro atoms. The average Bonchev–Trinajstić information content (AvgIpc) is 2.85. The second-order valence-corrected chi connectivity index (χ2v) is 7.32. The molecule has 2 nitrogen and oxygen atoms in total. The van der Waals surface area contributed by atoms with Crippen LogP contribution in [0.3, 0.4) is 0 Å². The number of nitrogens with one attached hydrogen (secondary N) is 1. The van der Waals surface area contributed by atoms with Gasteiger partial charge in [0.15, 0.2) is 0 Å². The maximum Gasteiger partial charge on any atom is 0.127 e. The van der Waals surface area contributed by atoms with Crippen molar-refractivity contribution in [3.8, 4) is 5.75 Å². The summed E-state index contributed by atoms with van der Waals surface area (Å²) in [6.45, 7) is 1.52. The van der Waals surface area contributed by atoms with Crippen LogP contribution in [0.2, 0.25) is 0 Å². The summed E-state index contributed by atoms with van der Waals surface area (Å²) in [6, 6.07) is 10.4. The average molecular weight is 462 g/mol. The van der Waals surface area contributed by atoms with Crippen molar-refractivity contribution in [2.75, 3.05) is 11.9 Å². The largest absolute Gasteiger partial charge is 0.493 e. The number of hydrogen-bond acceptors (Lipinski definition) is 2. The van der Waals surface area contributed by atoms with Crippen LogP contribution in [-0.2, 0) is 13.0 Å². The van der Waals surface area contributed by atoms with Gasteiger partial charge in [-0.15, -0.1) is 0 Å². The minimum atomic E-state index is 0.738. The second-order valence-electron chi connectivity index (χ2n) is 4.63. The Hall–Kier alpha value is -0.520. The molecule has 1 heterocycles. The monoisotopic (exact) mass is 459 g/mol. The summed E-state index contributed by atoms with van der Waals surface area (Å²) in [5.41, 5.74) is 3.53. The summed E-state index contributed by atoms with van der Waals surface area (Å²) in [6.07, 6.45) is 0.990. The number of anilines is 1. The highest BCUT2D eigenvalue weighted by Gasteiger charge is 2.17. The Balaban J connectivity index is 1.82. The molecule has 0 bridgehead atoms. The van der Waals surface area contributed by atoms with Crippen LogP contribution in [-0.4, -0.2) is 6.61 Å². The van der Waals surface area contributed by atoms with Crippen molar-refractivity contribution < 1.29 is 4.74 Å². The van der Waals surface area contributed by atoms with Gasteiger partial charge in [-0.3, -0.25) is 0 Å².